The van der Waals surface area contributed by atoms with Gasteiger partial charge in [0.2, 0.25) is 5.95 Å². The van der Waals surface area contributed by atoms with E-state index in [0.29, 0.717) is 27.7 Å². The van der Waals surface area contributed by atoms with Crippen LogP contribution < -0.4 is 10.6 Å². The van der Waals surface area contributed by atoms with Gasteiger partial charge in [0, 0.05) is 33.8 Å². The molecule has 1 atom stereocenters. The molecule has 0 unspecified atom stereocenters. The molecule has 0 aliphatic heterocycles. The summed E-state index contributed by atoms with van der Waals surface area (Å²) in [5.74, 6) is 1.67. The summed E-state index contributed by atoms with van der Waals surface area (Å²) in [6.45, 7) is 1.89. The molecule has 1 saturated carbocycles. The standard InChI is InChI=1S/C16H18Cl2N4O/c1-9(8-23)19-16-21-14(10-2-3-10)7-15(22-16)20-13-5-11(17)4-12(18)6-13/h4-7,9-10,23H,2-3,8H2,1H3,(H2,19,20,21,22)/t9-/m0/s1. The van der Waals surface area contributed by atoms with Crippen molar-refractivity contribution in [1.82, 2.24) is 9.97 Å². The highest BCUT2D eigenvalue weighted by Crippen LogP contribution is 2.40. The van der Waals surface area contributed by atoms with Gasteiger partial charge in [-0.2, -0.15) is 4.98 Å². The second-order valence-corrected chi connectivity index (χ2v) is 6.66. The largest absolute Gasteiger partial charge is 0.394 e. The van der Waals surface area contributed by atoms with Gasteiger partial charge < -0.3 is 15.7 Å². The Hall–Kier alpha value is -1.56. The van der Waals surface area contributed by atoms with Gasteiger partial charge in [0.25, 0.3) is 0 Å². The number of aromatic nitrogens is 2. The number of aliphatic hydroxyl groups excluding tert-OH is 1. The van der Waals surface area contributed by atoms with E-state index in [1.807, 2.05) is 13.0 Å². The average molecular weight is 353 g/mol. The molecule has 1 aromatic carbocycles. The average Bonchev–Trinajstić information content (AvgIpc) is 3.30. The summed E-state index contributed by atoms with van der Waals surface area (Å²) >= 11 is 12.1. The molecule has 1 fully saturated rings. The Morgan fingerprint density at radius 2 is 1.87 bits per heavy atom. The highest BCUT2D eigenvalue weighted by Gasteiger charge is 2.26. The molecule has 0 bridgehead atoms. The van der Waals surface area contributed by atoms with Gasteiger partial charge in [-0.05, 0) is 38.0 Å². The molecule has 1 heterocycles. The maximum Gasteiger partial charge on any atom is 0.225 e. The Morgan fingerprint density at radius 3 is 2.48 bits per heavy atom. The van der Waals surface area contributed by atoms with E-state index in [2.05, 4.69) is 20.6 Å². The molecule has 7 heteroatoms. The van der Waals surface area contributed by atoms with Gasteiger partial charge in [0.1, 0.15) is 5.82 Å². The van der Waals surface area contributed by atoms with Crippen LogP contribution in [0.3, 0.4) is 0 Å². The van der Waals surface area contributed by atoms with Crippen LogP contribution in [-0.4, -0.2) is 27.7 Å². The first kappa shape index (κ1) is 16.3. The SMILES string of the molecule is C[C@@H](CO)Nc1nc(Nc2cc(Cl)cc(Cl)c2)cc(C2CC2)n1. The van der Waals surface area contributed by atoms with E-state index >= 15 is 0 Å². The minimum Gasteiger partial charge on any atom is -0.394 e. The van der Waals surface area contributed by atoms with E-state index in [9.17, 15) is 5.11 Å². The van der Waals surface area contributed by atoms with Crippen molar-refractivity contribution in [3.8, 4) is 0 Å². The number of aliphatic hydroxyl groups is 1. The maximum atomic E-state index is 9.19. The molecule has 122 valence electrons. The highest BCUT2D eigenvalue weighted by atomic mass is 35.5. The summed E-state index contributed by atoms with van der Waals surface area (Å²) in [6, 6.07) is 7.09. The number of rotatable bonds is 6. The number of benzene rings is 1. The summed E-state index contributed by atoms with van der Waals surface area (Å²) in [6.07, 6.45) is 2.29. The molecule has 0 saturated heterocycles. The first-order chi connectivity index (χ1) is 11.0. The van der Waals surface area contributed by atoms with Gasteiger partial charge in [-0.3, -0.25) is 0 Å². The lowest BCUT2D eigenvalue weighted by Gasteiger charge is -2.14. The number of anilines is 3. The highest BCUT2D eigenvalue weighted by molar-refractivity contribution is 6.35. The van der Waals surface area contributed by atoms with Gasteiger partial charge in [-0.15, -0.1) is 0 Å². The molecule has 3 rings (SSSR count). The van der Waals surface area contributed by atoms with Gasteiger partial charge in [-0.1, -0.05) is 23.2 Å². The predicted octanol–water partition coefficient (Wildman–Crippen LogP) is 4.20. The fraction of sp³-hybridized carbons (Fsp3) is 0.375. The maximum absolute atomic E-state index is 9.19. The van der Waals surface area contributed by atoms with E-state index in [4.69, 9.17) is 23.2 Å². The number of nitrogens with zero attached hydrogens (tertiary/aromatic N) is 2. The minimum absolute atomic E-state index is 0.0175. The Kier molecular flexibility index (Phi) is 4.90. The van der Waals surface area contributed by atoms with Crippen LogP contribution in [0.4, 0.5) is 17.5 Å². The third-order valence-corrected chi connectivity index (χ3v) is 3.96. The fourth-order valence-corrected chi connectivity index (χ4v) is 2.75. The quantitative estimate of drug-likeness (QED) is 0.726. The van der Waals surface area contributed by atoms with Crippen LogP contribution in [0.5, 0.6) is 0 Å². The number of halogens is 2. The van der Waals surface area contributed by atoms with Crippen molar-refractivity contribution in [3.63, 3.8) is 0 Å². The first-order valence-electron chi connectivity index (χ1n) is 7.53. The smallest absolute Gasteiger partial charge is 0.225 e. The normalized spacial score (nSPS) is 15.3. The van der Waals surface area contributed by atoms with Gasteiger partial charge in [0.05, 0.1) is 12.3 Å². The third kappa shape index (κ3) is 4.47. The zero-order valence-corrected chi connectivity index (χ0v) is 14.2. The van der Waals surface area contributed by atoms with Gasteiger partial charge in [-0.25, -0.2) is 4.98 Å². The molecular formula is C16H18Cl2N4O. The predicted molar refractivity (Wildman–Crippen MR) is 93.9 cm³/mol. The molecule has 1 aromatic heterocycles. The van der Waals surface area contributed by atoms with Crippen molar-refractivity contribution < 1.29 is 5.11 Å². The van der Waals surface area contributed by atoms with Crippen molar-refractivity contribution in [2.24, 2.45) is 0 Å². The van der Waals surface area contributed by atoms with E-state index in [0.717, 1.165) is 24.2 Å². The molecule has 0 radical (unpaired) electrons. The lowest BCUT2D eigenvalue weighted by molar-refractivity contribution is 0.281. The molecule has 0 amide bonds. The van der Waals surface area contributed by atoms with Crippen LogP contribution in [0.25, 0.3) is 0 Å². The Morgan fingerprint density at radius 1 is 1.17 bits per heavy atom. The summed E-state index contributed by atoms with van der Waals surface area (Å²) in [5, 5.41) is 16.6. The van der Waals surface area contributed by atoms with Crippen molar-refractivity contribution in [3.05, 3.63) is 40.0 Å². The Bertz CT molecular complexity index is 686. The fourth-order valence-electron chi connectivity index (χ4n) is 2.22. The summed E-state index contributed by atoms with van der Waals surface area (Å²) < 4.78 is 0. The number of hydrogen-bond donors (Lipinski definition) is 3. The van der Waals surface area contributed by atoms with Gasteiger partial charge in [0.15, 0.2) is 0 Å². The van der Waals surface area contributed by atoms with Crippen LogP contribution in [0.15, 0.2) is 24.3 Å². The van der Waals surface area contributed by atoms with Crippen LogP contribution in [0.2, 0.25) is 10.0 Å². The molecule has 0 spiro atoms. The second kappa shape index (κ2) is 6.91. The molecule has 1 aliphatic carbocycles. The van der Waals surface area contributed by atoms with Crippen LogP contribution in [-0.2, 0) is 0 Å². The van der Waals surface area contributed by atoms with Crippen molar-refractivity contribution in [1.29, 1.82) is 0 Å². The summed E-state index contributed by atoms with van der Waals surface area (Å²) in [4.78, 5) is 8.99. The van der Waals surface area contributed by atoms with E-state index in [1.165, 1.54) is 0 Å². The lowest BCUT2D eigenvalue weighted by atomic mass is 10.2. The number of nitrogens with one attached hydrogen (secondary N) is 2. The zero-order valence-electron chi connectivity index (χ0n) is 12.7. The van der Waals surface area contributed by atoms with Crippen molar-refractivity contribution in [2.45, 2.75) is 31.7 Å². The molecule has 3 N–H and O–H groups in total. The van der Waals surface area contributed by atoms with Crippen LogP contribution in [0.1, 0.15) is 31.4 Å². The summed E-state index contributed by atoms with van der Waals surface area (Å²) in [7, 11) is 0. The van der Waals surface area contributed by atoms with Crippen LogP contribution in [0, 0.1) is 0 Å². The van der Waals surface area contributed by atoms with E-state index in [-0.39, 0.29) is 12.6 Å². The lowest BCUT2D eigenvalue weighted by Crippen LogP contribution is -2.21. The monoisotopic (exact) mass is 352 g/mol. The third-order valence-electron chi connectivity index (χ3n) is 3.53. The minimum atomic E-state index is -0.113. The second-order valence-electron chi connectivity index (χ2n) is 5.79. The Balaban J connectivity index is 1.87. The van der Waals surface area contributed by atoms with Crippen LogP contribution >= 0.6 is 23.2 Å². The molecule has 2 aromatic rings. The molecular weight excluding hydrogens is 335 g/mol. The van der Waals surface area contributed by atoms with E-state index in [1.54, 1.807) is 18.2 Å². The first-order valence-corrected chi connectivity index (χ1v) is 8.28. The van der Waals surface area contributed by atoms with Crippen molar-refractivity contribution in [2.75, 3.05) is 17.2 Å². The summed E-state index contributed by atoms with van der Waals surface area (Å²) in [5.41, 5.74) is 1.77. The molecule has 1 aliphatic rings. The number of hydrogen-bond acceptors (Lipinski definition) is 5. The molecule has 23 heavy (non-hydrogen) atoms. The molecule has 5 nitrogen and oxygen atoms in total. The van der Waals surface area contributed by atoms with E-state index < -0.39 is 0 Å². The topological polar surface area (TPSA) is 70.1 Å². The Labute approximate surface area is 145 Å². The van der Waals surface area contributed by atoms with Crippen molar-refractivity contribution >= 4 is 40.7 Å². The van der Waals surface area contributed by atoms with Gasteiger partial charge >= 0.3 is 0 Å². The zero-order chi connectivity index (χ0) is 16.4.